The highest BCUT2D eigenvalue weighted by Gasteiger charge is 2.26. The molecular weight excluding hydrogens is 356 g/mol. The van der Waals surface area contributed by atoms with Crippen LogP contribution in [0.25, 0.3) is 0 Å². The lowest BCUT2D eigenvalue weighted by molar-refractivity contribution is -0.137. The van der Waals surface area contributed by atoms with Crippen molar-refractivity contribution in [3.8, 4) is 0 Å². The Balaban J connectivity index is 2.13. The van der Waals surface area contributed by atoms with Crippen LogP contribution in [0.15, 0.2) is 29.2 Å². The normalized spacial score (nSPS) is 16.0. The smallest absolute Gasteiger partial charge is 0.303 e. The molecule has 8 heteroatoms. The zero-order valence-electron chi connectivity index (χ0n) is 15.1. The van der Waals surface area contributed by atoms with Crippen molar-refractivity contribution in [2.45, 2.75) is 43.4 Å². The fourth-order valence-electron chi connectivity index (χ4n) is 3.01. The first-order valence-electron chi connectivity index (χ1n) is 8.90. The van der Waals surface area contributed by atoms with Crippen LogP contribution in [0, 0.1) is 0 Å². The molecular formula is C18H26N2O5S. The van der Waals surface area contributed by atoms with Gasteiger partial charge in [-0.1, -0.05) is 18.9 Å². The molecule has 1 aromatic rings. The highest BCUT2D eigenvalue weighted by molar-refractivity contribution is 7.89. The van der Waals surface area contributed by atoms with E-state index in [4.69, 9.17) is 5.11 Å². The van der Waals surface area contributed by atoms with E-state index in [1.165, 1.54) is 21.3 Å². The van der Waals surface area contributed by atoms with Crippen LogP contribution in [0.2, 0.25) is 0 Å². The second kappa shape index (κ2) is 9.14. The molecule has 1 heterocycles. The van der Waals surface area contributed by atoms with Gasteiger partial charge in [-0.05, 0) is 37.5 Å². The molecule has 0 aliphatic carbocycles. The molecule has 0 bridgehead atoms. The summed E-state index contributed by atoms with van der Waals surface area (Å²) in [6, 6.07) is 6.08. The van der Waals surface area contributed by atoms with Crippen LogP contribution in [0.5, 0.6) is 0 Å². The second-order valence-electron chi connectivity index (χ2n) is 6.57. The Hall–Kier alpha value is -1.93. The quantitative estimate of drug-likeness (QED) is 0.780. The molecule has 1 fully saturated rings. The molecule has 7 nitrogen and oxygen atoms in total. The Morgan fingerprint density at radius 2 is 1.81 bits per heavy atom. The van der Waals surface area contributed by atoms with Crippen molar-refractivity contribution in [2.75, 3.05) is 26.7 Å². The molecule has 1 aliphatic rings. The lowest BCUT2D eigenvalue weighted by atomic mass is 10.2. The Kier molecular flexibility index (Phi) is 7.16. The summed E-state index contributed by atoms with van der Waals surface area (Å²) in [4.78, 5) is 24.6. The van der Waals surface area contributed by atoms with E-state index in [2.05, 4.69) is 0 Å². The molecule has 2 rings (SSSR count). The highest BCUT2D eigenvalue weighted by Crippen LogP contribution is 2.21. The molecule has 1 N–H and O–H groups in total. The summed E-state index contributed by atoms with van der Waals surface area (Å²) >= 11 is 0. The van der Waals surface area contributed by atoms with Crippen LogP contribution in [-0.2, 0) is 14.8 Å². The number of benzene rings is 1. The van der Waals surface area contributed by atoms with E-state index in [0.29, 0.717) is 31.6 Å². The molecule has 1 aromatic carbocycles. The summed E-state index contributed by atoms with van der Waals surface area (Å²) in [5.74, 6) is -1.22. The molecule has 0 spiro atoms. The summed E-state index contributed by atoms with van der Waals surface area (Å²) in [5.41, 5.74) is 0.290. The van der Waals surface area contributed by atoms with Gasteiger partial charge in [0.05, 0.1) is 4.90 Å². The Morgan fingerprint density at radius 1 is 1.15 bits per heavy atom. The average Bonchev–Trinajstić information content (AvgIpc) is 2.90. The van der Waals surface area contributed by atoms with Gasteiger partial charge in [0.1, 0.15) is 0 Å². The third-order valence-electron chi connectivity index (χ3n) is 4.51. The van der Waals surface area contributed by atoms with Crippen LogP contribution >= 0.6 is 0 Å². The number of hydrogen-bond donors (Lipinski definition) is 1. The minimum absolute atomic E-state index is 0.0129. The summed E-state index contributed by atoms with van der Waals surface area (Å²) in [6.07, 6.45) is 4.11. The van der Waals surface area contributed by atoms with Crippen LogP contribution < -0.4 is 0 Å². The van der Waals surface area contributed by atoms with Gasteiger partial charge in [0.15, 0.2) is 0 Å². The SMILES string of the molecule is CN(CCCC(=O)O)C(=O)c1cccc(S(=O)(=O)N2CCCCCC2)c1. The molecule has 144 valence electrons. The van der Waals surface area contributed by atoms with Gasteiger partial charge in [0.2, 0.25) is 10.0 Å². The van der Waals surface area contributed by atoms with E-state index in [0.717, 1.165) is 25.7 Å². The predicted octanol–water partition coefficient (Wildman–Crippen LogP) is 2.19. The largest absolute Gasteiger partial charge is 0.481 e. The van der Waals surface area contributed by atoms with Crippen molar-refractivity contribution in [3.05, 3.63) is 29.8 Å². The van der Waals surface area contributed by atoms with E-state index in [-0.39, 0.29) is 17.2 Å². The maximum Gasteiger partial charge on any atom is 0.303 e. The van der Waals surface area contributed by atoms with Gasteiger partial charge >= 0.3 is 5.97 Å². The first-order chi connectivity index (χ1) is 12.3. The van der Waals surface area contributed by atoms with E-state index in [1.807, 2.05) is 0 Å². The van der Waals surface area contributed by atoms with Crippen LogP contribution in [0.1, 0.15) is 48.9 Å². The van der Waals surface area contributed by atoms with E-state index in [9.17, 15) is 18.0 Å². The fourth-order valence-corrected chi connectivity index (χ4v) is 4.57. The van der Waals surface area contributed by atoms with Gasteiger partial charge in [-0.15, -0.1) is 0 Å². The third-order valence-corrected chi connectivity index (χ3v) is 6.41. The van der Waals surface area contributed by atoms with E-state index in [1.54, 1.807) is 19.2 Å². The fraction of sp³-hybridized carbons (Fsp3) is 0.556. The lowest BCUT2D eigenvalue weighted by Crippen LogP contribution is -2.32. The molecule has 1 amide bonds. The zero-order valence-corrected chi connectivity index (χ0v) is 15.9. The molecule has 0 saturated carbocycles. The minimum Gasteiger partial charge on any atom is -0.481 e. The summed E-state index contributed by atoms with van der Waals surface area (Å²) in [5, 5.41) is 8.68. The van der Waals surface area contributed by atoms with Crippen LogP contribution in [0.4, 0.5) is 0 Å². The minimum atomic E-state index is -3.61. The lowest BCUT2D eigenvalue weighted by Gasteiger charge is -2.21. The predicted molar refractivity (Wildman–Crippen MR) is 97.5 cm³/mol. The molecule has 0 unspecified atom stereocenters. The molecule has 0 radical (unpaired) electrons. The molecule has 1 saturated heterocycles. The summed E-state index contributed by atoms with van der Waals surface area (Å²) in [6.45, 7) is 1.32. The Morgan fingerprint density at radius 3 is 2.42 bits per heavy atom. The van der Waals surface area contributed by atoms with Crippen LogP contribution in [0.3, 0.4) is 0 Å². The number of carbonyl (C=O) groups excluding carboxylic acids is 1. The number of carboxylic acids is 1. The average molecular weight is 382 g/mol. The number of sulfonamides is 1. The van der Waals surface area contributed by atoms with Crippen molar-refractivity contribution in [2.24, 2.45) is 0 Å². The Labute approximate surface area is 154 Å². The highest BCUT2D eigenvalue weighted by atomic mass is 32.2. The maximum absolute atomic E-state index is 12.9. The number of rotatable bonds is 7. The molecule has 26 heavy (non-hydrogen) atoms. The number of amides is 1. The number of aliphatic carboxylic acids is 1. The number of carboxylic acid groups (broad SMARTS) is 1. The first-order valence-corrected chi connectivity index (χ1v) is 10.3. The Bertz CT molecular complexity index is 740. The number of hydrogen-bond acceptors (Lipinski definition) is 4. The van der Waals surface area contributed by atoms with Gasteiger partial charge in [0, 0.05) is 38.7 Å². The zero-order chi connectivity index (χ0) is 19.2. The summed E-state index contributed by atoms with van der Waals surface area (Å²) < 4.78 is 27.2. The molecule has 0 atom stereocenters. The van der Waals surface area contributed by atoms with Crippen molar-refractivity contribution in [1.82, 2.24) is 9.21 Å². The standard InChI is InChI=1S/C18H26N2O5S/c1-19(11-7-10-17(21)22)18(23)15-8-6-9-16(14-15)26(24,25)20-12-4-2-3-5-13-20/h6,8-9,14H,2-5,7,10-13H2,1H3,(H,21,22). The van der Waals surface area contributed by atoms with E-state index < -0.39 is 16.0 Å². The van der Waals surface area contributed by atoms with Gasteiger partial charge in [-0.25, -0.2) is 8.42 Å². The van der Waals surface area contributed by atoms with E-state index >= 15 is 0 Å². The van der Waals surface area contributed by atoms with Gasteiger partial charge < -0.3 is 10.0 Å². The molecule has 1 aliphatic heterocycles. The van der Waals surface area contributed by atoms with Gasteiger partial charge in [-0.3, -0.25) is 9.59 Å². The maximum atomic E-state index is 12.9. The van der Waals surface area contributed by atoms with Crippen molar-refractivity contribution < 1.29 is 23.1 Å². The first kappa shape index (κ1) is 20.4. The third kappa shape index (κ3) is 5.28. The molecule has 0 aromatic heterocycles. The van der Waals surface area contributed by atoms with Gasteiger partial charge in [-0.2, -0.15) is 4.31 Å². The number of carbonyl (C=O) groups is 2. The van der Waals surface area contributed by atoms with Crippen molar-refractivity contribution >= 4 is 21.9 Å². The van der Waals surface area contributed by atoms with Crippen molar-refractivity contribution in [1.29, 1.82) is 0 Å². The van der Waals surface area contributed by atoms with Crippen molar-refractivity contribution in [3.63, 3.8) is 0 Å². The topological polar surface area (TPSA) is 95.0 Å². The number of nitrogens with zero attached hydrogens (tertiary/aromatic N) is 2. The second-order valence-corrected chi connectivity index (χ2v) is 8.51. The summed E-state index contributed by atoms with van der Waals surface area (Å²) in [7, 11) is -2.03. The van der Waals surface area contributed by atoms with Crippen LogP contribution in [-0.4, -0.2) is 61.3 Å². The van der Waals surface area contributed by atoms with Gasteiger partial charge in [0.25, 0.3) is 5.91 Å². The monoisotopic (exact) mass is 382 g/mol.